The molecule has 1 spiro atoms. The smallest absolute Gasteiger partial charge is 0.282 e. The number of amides is 1. The molecule has 2 heterocycles. The van der Waals surface area contributed by atoms with Gasteiger partial charge in [-0.15, -0.1) is 0 Å². The van der Waals surface area contributed by atoms with Crippen LogP contribution in [-0.2, 0) is 9.53 Å². The minimum Gasteiger partial charge on any atom is -1.00 e. The predicted molar refractivity (Wildman–Crippen MR) is 97.8 cm³/mol. The Morgan fingerprint density at radius 2 is 1.81 bits per heavy atom. The summed E-state index contributed by atoms with van der Waals surface area (Å²) in [6.07, 6.45) is 0. The Morgan fingerprint density at radius 3 is 2.54 bits per heavy atom. The number of nitrogens with one attached hydrogen (secondary N) is 1. The number of hydrogen-bond acceptors (Lipinski definition) is 3. The first kappa shape index (κ1) is 19.3. The topological polar surface area (TPSA) is 50.7 Å². The molecule has 0 saturated carbocycles. The average Bonchev–Trinajstić information content (AvgIpc) is 2.62. The molecule has 26 heavy (non-hydrogen) atoms. The molecule has 136 valence electrons. The first-order valence-corrected chi connectivity index (χ1v) is 8.72. The van der Waals surface area contributed by atoms with E-state index in [0.29, 0.717) is 42.5 Å². The third-order valence-electron chi connectivity index (χ3n) is 4.61. The summed E-state index contributed by atoms with van der Waals surface area (Å²) in [7, 11) is 0. The van der Waals surface area contributed by atoms with Gasteiger partial charge >= 0.3 is 0 Å². The maximum atomic E-state index is 12.5. The quantitative estimate of drug-likeness (QED) is 0.455. The van der Waals surface area contributed by atoms with Crippen molar-refractivity contribution in [1.29, 1.82) is 0 Å². The molecular weight excluding hydrogens is 465 g/mol. The van der Waals surface area contributed by atoms with Gasteiger partial charge in [-0.2, -0.15) is 4.59 Å². The third kappa shape index (κ3) is 3.93. The standard InChI is InChI=1S/C19H18ClN3O2.HI/c20-15-6-7-17-16(12-15)19(14-4-2-1-3-5-14)22-23(13-18(24)21-17)8-10-25-11-9-23;/h1-7,12H,8-11,13H2;1H. The summed E-state index contributed by atoms with van der Waals surface area (Å²) >= 11 is 6.24. The van der Waals surface area contributed by atoms with Crippen molar-refractivity contribution in [2.75, 3.05) is 38.2 Å². The molecule has 0 atom stereocenters. The minimum absolute atomic E-state index is 0. The van der Waals surface area contributed by atoms with Crippen LogP contribution in [0.2, 0.25) is 5.02 Å². The van der Waals surface area contributed by atoms with E-state index in [9.17, 15) is 4.79 Å². The second-order valence-corrected chi connectivity index (χ2v) is 6.80. The van der Waals surface area contributed by atoms with Crippen LogP contribution >= 0.6 is 11.6 Å². The Hall–Kier alpha value is -1.48. The van der Waals surface area contributed by atoms with E-state index >= 15 is 0 Å². The fourth-order valence-electron chi connectivity index (χ4n) is 3.33. The van der Waals surface area contributed by atoms with E-state index in [1.807, 2.05) is 42.5 Å². The summed E-state index contributed by atoms with van der Waals surface area (Å²) in [5, 5.41) is 8.73. The second kappa shape index (κ2) is 8.04. The molecule has 2 aromatic rings. The highest BCUT2D eigenvalue weighted by atomic mass is 127. The van der Waals surface area contributed by atoms with Gasteiger partial charge in [0.1, 0.15) is 18.8 Å². The fraction of sp³-hybridized carbons (Fsp3) is 0.263. The van der Waals surface area contributed by atoms with Crippen LogP contribution in [0.1, 0.15) is 11.1 Å². The summed E-state index contributed by atoms with van der Waals surface area (Å²) in [4.78, 5) is 12.5. The average molecular weight is 484 g/mol. The maximum Gasteiger partial charge on any atom is 0.282 e. The van der Waals surface area contributed by atoms with Crippen molar-refractivity contribution in [1.82, 2.24) is 0 Å². The second-order valence-electron chi connectivity index (χ2n) is 6.37. The van der Waals surface area contributed by atoms with Gasteiger partial charge in [-0.25, -0.2) is 0 Å². The van der Waals surface area contributed by atoms with Crippen LogP contribution in [0.25, 0.3) is 0 Å². The van der Waals surface area contributed by atoms with Gasteiger partial charge in [0.05, 0.1) is 18.9 Å². The Morgan fingerprint density at radius 1 is 1.08 bits per heavy atom. The van der Waals surface area contributed by atoms with Gasteiger partial charge < -0.3 is 34.0 Å². The summed E-state index contributed by atoms with van der Waals surface area (Å²) < 4.78 is 5.85. The number of halogens is 2. The molecule has 1 amide bonds. The molecule has 1 fully saturated rings. The number of morpholine rings is 1. The third-order valence-corrected chi connectivity index (χ3v) is 4.85. The van der Waals surface area contributed by atoms with E-state index in [1.54, 1.807) is 6.07 Å². The zero-order valence-corrected chi connectivity index (χ0v) is 17.0. The van der Waals surface area contributed by atoms with Crippen molar-refractivity contribution in [3.05, 3.63) is 64.7 Å². The van der Waals surface area contributed by atoms with Crippen molar-refractivity contribution in [2.24, 2.45) is 5.10 Å². The molecular formula is C19H19ClIN3O2. The molecule has 2 aromatic carbocycles. The first-order valence-electron chi connectivity index (χ1n) is 8.35. The Balaban J connectivity index is 0.00000196. The zero-order valence-electron chi connectivity index (χ0n) is 14.1. The lowest BCUT2D eigenvalue weighted by Crippen LogP contribution is -3.00. The highest BCUT2D eigenvalue weighted by molar-refractivity contribution is 6.31. The Labute approximate surface area is 174 Å². The number of carbonyl (C=O) groups excluding carboxylic acids is 1. The van der Waals surface area contributed by atoms with Gasteiger partial charge in [-0.3, -0.25) is 4.79 Å². The van der Waals surface area contributed by atoms with Gasteiger partial charge in [-0.05, 0) is 18.2 Å². The number of carbonyl (C=O) groups is 1. The summed E-state index contributed by atoms with van der Waals surface area (Å²) in [6, 6.07) is 15.5. The van der Waals surface area contributed by atoms with E-state index in [4.69, 9.17) is 21.4 Å². The number of rotatable bonds is 1. The van der Waals surface area contributed by atoms with Crippen molar-refractivity contribution in [2.45, 2.75) is 0 Å². The summed E-state index contributed by atoms with van der Waals surface area (Å²) in [6.45, 7) is 2.86. The normalized spacial score (nSPS) is 20.7. The van der Waals surface area contributed by atoms with Crippen molar-refractivity contribution < 1.29 is 38.1 Å². The van der Waals surface area contributed by atoms with E-state index in [1.165, 1.54) is 0 Å². The molecule has 0 aromatic heterocycles. The van der Waals surface area contributed by atoms with Gasteiger partial charge in [0, 0.05) is 16.1 Å². The monoisotopic (exact) mass is 483 g/mol. The lowest BCUT2D eigenvalue weighted by Gasteiger charge is -2.36. The molecule has 0 aliphatic carbocycles. The van der Waals surface area contributed by atoms with Crippen LogP contribution in [-0.4, -0.2) is 49.1 Å². The number of nitrogens with zero attached hydrogens (tertiary/aromatic N) is 2. The molecule has 1 saturated heterocycles. The molecule has 5 nitrogen and oxygen atoms in total. The van der Waals surface area contributed by atoms with Gasteiger partial charge in [-0.1, -0.05) is 47.0 Å². The maximum absolute atomic E-state index is 12.5. The Bertz CT molecular complexity index is 836. The first-order chi connectivity index (χ1) is 12.2. The SMILES string of the molecule is O=C1C[N+]2(CCOCC2)/N=C(/c2ccccc2)c2cc(Cl)ccc2N1.[I-]. The lowest BCUT2D eigenvalue weighted by atomic mass is 10.00. The molecule has 1 N–H and O–H groups in total. The van der Waals surface area contributed by atoms with Crippen LogP contribution in [0, 0.1) is 0 Å². The van der Waals surface area contributed by atoms with Crippen molar-refractivity contribution in [3.63, 3.8) is 0 Å². The summed E-state index contributed by atoms with van der Waals surface area (Å²) in [5.41, 5.74) is 3.44. The van der Waals surface area contributed by atoms with E-state index in [0.717, 1.165) is 22.5 Å². The Kier molecular flexibility index (Phi) is 5.96. The highest BCUT2D eigenvalue weighted by Gasteiger charge is 2.37. The van der Waals surface area contributed by atoms with Crippen LogP contribution in [0.5, 0.6) is 0 Å². The number of fused-ring (bicyclic) bond motifs is 1. The molecule has 2 aliphatic heterocycles. The predicted octanol–water partition coefficient (Wildman–Crippen LogP) is -0.105. The highest BCUT2D eigenvalue weighted by Crippen LogP contribution is 2.28. The van der Waals surface area contributed by atoms with E-state index < -0.39 is 0 Å². The number of quaternary nitrogens is 1. The van der Waals surface area contributed by atoms with Gasteiger partial charge in [0.2, 0.25) is 0 Å². The van der Waals surface area contributed by atoms with E-state index in [-0.39, 0.29) is 29.9 Å². The zero-order chi connectivity index (χ0) is 17.3. The number of benzene rings is 2. The molecule has 4 rings (SSSR count). The van der Waals surface area contributed by atoms with E-state index in [2.05, 4.69) is 5.32 Å². The number of anilines is 1. The minimum atomic E-state index is -0.0404. The fourth-order valence-corrected chi connectivity index (χ4v) is 3.50. The van der Waals surface area contributed by atoms with Crippen LogP contribution in [0.3, 0.4) is 0 Å². The summed E-state index contributed by atoms with van der Waals surface area (Å²) in [5.74, 6) is -0.0404. The molecule has 7 heteroatoms. The number of hydrogen-bond donors (Lipinski definition) is 1. The van der Waals surface area contributed by atoms with Crippen molar-refractivity contribution in [3.8, 4) is 0 Å². The molecule has 0 bridgehead atoms. The van der Waals surface area contributed by atoms with Crippen molar-refractivity contribution >= 4 is 28.9 Å². The number of ether oxygens (including phenoxy) is 1. The lowest BCUT2D eigenvalue weighted by molar-refractivity contribution is -0.934. The van der Waals surface area contributed by atoms with Crippen LogP contribution in [0.15, 0.2) is 53.6 Å². The van der Waals surface area contributed by atoms with Gasteiger partial charge in [0.25, 0.3) is 5.91 Å². The molecule has 0 radical (unpaired) electrons. The van der Waals surface area contributed by atoms with Crippen LogP contribution in [0.4, 0.5) is 5.69 Å². The largest absolute Gasteiger partial charge is 1.00 e. The molecule has 2 aliphatic rings. The molecule has 0 unspecified atom stereocenters. The van der Waals surface area contributed by atoms with Gasteiger partial charge in [0.15, 0.2) is 6.54 Å². The van der Waals surface area contributed by atoms with Crippen LogP contribution < -0.4 is 29.3 Å².